The van der Waals surface area contributed by atoms with Crippen LogP contribution >= 0.6 is 11.3 Å². The molecule has 2 aromatic heterocycles. The zero-order valence-corrected chi connectivity index (χ0v) is 15.4. The number of hydrogen-bond acceptors (Lipinski definition) is 7. The van der Waals surface area contributed by atoms with E-state index in [0.29, 0.717) is 39.2 Å². The van der Waals surface area contributed by atoms with Crippen LogP contribution in [0.25, 0.3) is 5.13 Å². The Balaban J connectivity index is 1.78. The van der Waals surface area contributed by atoms with Crippen LogP contribution in [0.1, 0.15) is 57.1 Å². The quantitative estimate of drug-likeness (QED) is 0.646. The van der Waals surface area contributed by atoms with E-state index in [1.807, 2.05) is 13.0 Å². The second-order valence-corrected chi connectivity index (χ2v) is 6.98. The molecule has 0 N–H and O–H groups in total. The Bertz CT molecular complexity index is 1070. The Morgan fingerprint density at radius 1 is 1.22 bits per heavy atom. The van der Waals surface area contributed by atoms with Crippen molar-refractivity contribution >= 4 is 23.2 Å². The van der Waals surface area contributed by atoms with Crippen molar-refractivity contribution in [2.24, 2.45) is 0 Å². The van der Waals surface area contributed by atoms with Crippen LogP contribution in [0.15, 0.2) is 30.5 Å². The molecule has 8 nitrogen and oxygen atoms in total. The predicted octanol–water partition coefficient (Wildman–Crippen LogP) is 2.52. The van der Waals surface area contributed by atoms with E-state index in [-0.39, 0.29) is 11.8 Å². The summed E-state index contributed by atoms with van der Waals surface area (Å²) in [5.41, 5.74) is 0.772. The summed E-state index contributed by atoms with van der Waals surface area (Å²) in [5, 5.41) is 14.0. The molecule has 0 aliphatic carbocycles. The van der Waals surface area contributed by atoms with E-state index in [4.69, 9.17) is 5.26 Å². The third kappa shape index (κ3) is 2.62. The number of benzene rings is 1. The molecule has 1 atom stereocenters. The Kier molecular flexibility index (Phi) is 4.05. The van der Waals surface area contributed by atoms with Crippen molar-refractivity contribution in [2.75, 3.05) is 0 Å². The van der Waals surface area contributed by atoms with Gasteiger partial charge in [0.25, 0.3) is 11.8 Å². The number of carbonyl (C=O) groups is 2. The summed E-state index contributed by atoms with van der Waals surface area (Å²) < 4.78 is 1.51. The normalized spacial score (nSPS) is 14.3. The molecule has 3 aromatic rings. The van der Waals surface area contributed by atoms with Crippen LogP contribution < -0.4 is 0 Å². The van der Waals surface area contributed by atoms with Crippen molar-refractivity contribution in [1.29, 1.82) is 5.26 Å². The average molecular weight is 378 g/mol. The molecule has 2 amide bonds. The molecule has 1 aliphatic rings. The molecule has 0 bridgehead atoms. The third-order valence-electron chi connectivity index (χ3n) is 4.36. The summed E-state index contributed by atoms with van der Waals surface area (Å²) >= 11 is 1.17. The van der Waals surface area contributed by atoms with Gasteiger partial charge < -0.3 is 0 Å². The van der Waals surface area contributed by atoms with Crippen LogP contribution in [0, 0.1) is 11.3 Å². The van der Waals surface area contributed by atoms with E-state index >= 15 is 0 Å². The van der Waals surface area contributed by atoms with Gasteiger partial charge in [0.1, 0.15) is 10.9 Å². The lowest BCUT2D eigenvalue weighted by Crippen LogP contribution is -2.34. The zero-order valence-electron chi connectivity index (χ0n) is 14.6. The first-order chi connectivity index (χ1) is 13.0. The van der Waals surface area contributed by atoms with E-state index in [0.717, 1.165) is 0 Å². The average Bonchev–Trinajstić information content (AvgIpc) is 3.39. The fourth-order valence-corrected chi connectivity index (χ4v) is 3.69. The van der Waals surface area contributed by atoms with Crippen molar-refractivity contribution in [3.8, 4) is 11.2 Å². The van der Waals surface area contributed by atoms with Crippen molar-refractivity contribution in [3.63, 3.8) is 0 Å². The number of nitrogens with zero attached hydrogens (tertiary/aromatic N) is 6. The fraction of sp³-hybridized carbons (Fsp3) is 0.222. The van der Waals surface area contributed by atoms with Crippen LogP contribution in [0.3, 0.4) is 0 Å². The van der Waals surface area contributed by atoms with Crippen LogP contribution in [0.5, 0.6) is 0 Å². The van der Waals surface area contributed by atoms with Crippen molar-refractivity contribution in [3.05, 3.63) is 58.1 Å². The molecule has 3 heterocycles. The van der Waals surface area contributed by atoms with E-state index in [1.165, 1.54) is 27.1 Å². The number of amides is 2. The highest BCUT2D eigenvalue weighted by Crippen LogP contribution is 2.31. The molecule has 0 fully saturated rings. The minimum atomic E-state index is -0.639. The summed E-state index contributed by atoms with van der Waals surface area (Å²) in [4.78, 5) is 35.9. The number of aryl methyl sites for hydroxylation is 1. The highest BCUT2D eigenvalue weighted by molar-refractivity contribution is 7.14. The minimum Gasteiger partial charge on any atom is -0.269 e. The van der Waals surface area contributed by atoms with Gasteiger partial charge in [-0.1, -0.05) is 30.4 Å². The SMILES string of the molecule is CCc1nc(C(C)N2C(=O)c3ccccc3C2=O)n(-c2ncc(C#N)s2)n1. The third-order valence-corrected chi connectivity index (χ3v) is 5.24. The highest BCUT2D eigenvalue weighted by atomic mass is 32.1. The number of imide groups is 1. The number of fused-ring (bicyclic) bond motifs is 1. The van der Waals surface area contributed by atoms with Crippen LogP contribution in [-0.4, -0.2) is 36.5 Å². The number of rotatable bonds is 4. The number of aromatic nitrogens is 4. The molecule has 1 unspecified atom stereocenters. The zero-order chi connectivity index (χ0) is 19.1. The molecule has 9 heteroatoms. The van der Waals surface area contributed by atoms with Gasteiger partial charge in [-0.3, -0.25) is 14.5 Å². The van der Waals surface area contributed by atoms with Crippen molar-refractivity contribution in [1.82, 2.24) is 24.6 Å². The molecule has 134 valence electrons. The van der Waals surface area contributed by atoms with Crippen molar-refractivity contribution in [2.45, 2.75) is 26.3 Å². The summed E-state index contributed by atoms with van der Waals surface area (Å²) in [6, 6.07) is 8.15. The van der Waals surface area contributed by atoms with Crippen LogP contribution in [0.4, 0.5) is 0 Å². The number of carbonyl (C=O) groups excluding carboxylic acids is 2. The first kappa shape index (κ1) is 17.1. The molecule has 0 saturated heterocycles. The fourth-order valence-electron chi connectivity index (χ4n) is 3.02. The highest BCUT2D eigenvalue weighted by Gasteiger charge is 2.40. The van der Waals surface area contributed by atoms with Gasteiger partial charge in [0.15, 0.2) is 11.6 Å². The van der Waals surface area contributed by atoms with E-state index in [1.54, 1.807) is 31.2 Å². The van der Waals surface area contributed by atoms with Gasteiger partial charge in [-0.15, -0.1) is 5.10 Å². The summed E-state index contributed by atoms with van der Waals surface area (Å²) in [7, 11) is 0. The van der Waals surface area contributed by atoms with Gasteiger partial charge in [0.2, 0.25) is 5.13 Å². The first-order valence-electron chi connectivity index (χ1n) is 8.34. The second-order valence-electron chi connectivity index (χ2n) is 5.97. The maximum absolute atomic E-state index is 12.8. The van der Waals surface area contributed by atoms with Gasteiger partial charge in [0, 0.05) is 6.42 Å². The first-order valence-corrected chi connectivity index (χ1v) is 9.15. The van der Waals surface area contributed by atoms with Gasteiger partial charge in [-0.25, -0.2) is 9.97 Å². The molecular weight excluding hydrogens is 364 g/mol. The molecule has 4 rings (SSSR count). The molecule has 0 radical (unpaired) electrons. The largest absolute Gasteiger partial charge is 0.269 e. The molecular formula is C18H14N6O2S. The minimum absolute atomic E-state index is 0.354. The lowest BCUT2D eigenvalue weighted by atomic mass is 10.1. The van der Waals surface area contributed by atoms with Crippen LogP contribution in [0.2, 0.25) is 0 Å². The maximum Gasteiger partial charge on any atom is 0.262 e. The Morgan fingerprint density at radius 3 is 2.44 bits per heavy atom. The van der Waals surface area contributed by atoms with Gasteiger partial charge in [-0.2, -0.15) is 9.94 Å². The van der Waals surface area contributed by atoms with Gasteiger partial charge >= 0.3 is 0 Å². The smallest absolute Gasteiger partial charge is 0.262 e. The van der Waals surface area contributed by atoms with E-state index in [9.17, 15) is 9.59 Å². The molecule has 0 spiro atoms. The number of thiazole rings is 1. The number of nitriles is 1. The molecule has 1 aliphatic heterocycles. The topological polar surface area (TPSA) is 105 Å². The summed E-state index contributed by atoms with van der Waals surface area (Å²) in [5.74, 6) is 0.294. The van der Waals surface area contributed by atoms with Gasteiger partial charge in [0.05, 0.1) is 23.4 Å². The second kappa shape index (κ2) is 6.41. The molecule has 1 aromatic carbocycles. The maximum atomic E-state index is 12.8. The standard InChI is InChI=1S/C18H14N6O2S/c1-3-14-21-15(24(22-14)18-20-9-11(8-19)27-18)10(2)23-16(25)12-6-4-5-7-13(12)17(23)26/h4-7,9-10H,3H2,1-2H3. The van der Waals surface area contributed by atoms with Crippen LogP contribution in [-0.2, 0) is 6.42 Å². The lowest BCUT2D eigenvalue weighted by molar-refractivity contribution is 0.0587. The van der Waals surface area contributed by atoms with E-state index in [2.05, 4.69) is 15.1 Å². The van der Waals surface area contributed by atoms with Crippen molar-refractivity contribution < 1.29 is 9.59 Å². The Morgan fingerprint density at radius 2 is 1.89 bits per heavy atom. The summed E-state index contributed by atoms with van der Waals surface area (Å²) in [6.45, 7) is 3.65. The monoisotopic (exact) mass is 378 g/mol. The predicted molar refractivity (Wildman–Crippen MR) is 96.5 cm³/mol. The van der Waals surface area contributed by atoms with Gasteiger partial charge in [-0.05, 0) is 19.1 Å². The molecule has 0 saturated carbocycles. The summed E-state index contributed by atoms with van der Waals surface area (Å²) in [6.07, 6.45) is 2.05. The Labute approximate surface area is 158 Å². The van der Waals surface area contributed by atoms with E-state index < -0.39 is 6.04 Å². The lowest BCUT2D eigenvalue weighted by Gasteiger charge is -2.21. The Hall–Kier alpha value is -3.38. The number of hydrogen-bond donors (Lipinski definition) is 0. The molecule has 27 heavy (non-hydrogen) atoms.